The molecule has 1 atom stereocenters. The van der Waals surface area contributed by atoms with Crippen LogP contribution < -0.4 is 4.74 Å². The molecule has 0 bridgehead atoms. The van der Waals surface area contributed by atoms with Gasteiger partial charge in [0.05, 0.1) is 25.3 Å². The number of benzene rings is 2. The minimum absolute atomic E-state index is 0.298. The van der Waals surface area contributed by atoms with Gasteiger partial charge in [0.25, 0.3) is 0 Å². The van der Waals surface area contributed by atoms with Gasteiger partial charge in [-0.2, -0.15) is 0 Å². The lowest BCUT2D eigenvalue weighted by Gasteiger charge is -2.15. The molecule has 5 nitrogen and oxygen atoms in total. The summed E-state index contributed by atoms with van der Waals surface area (Å²) >= 11 is 0. The molecular formula is C20H24N2O3. The number of hydrogen-bond acceptors (Lipinski definition) is 5. The molecule has 0 spiro atoms. The summed E-state index contributed by atoms with van der Waals surface area (Å²) in [6.45, 7) is 3.24. The molecule has 25 heavy (non-hydrogen) atoms. The van der Waals surface area contributed by atoms with Crippen LogP contribution in [0.4, 0.5) is 0 Å². The molecule has 0 aliphatic rings. The van der Waals surface area contributed by atoms with Crippen LogP contribution in [0.5, 0.6) is 5.75 Å². The average Bonchev–Trinajstić information content (AvgIpc) is 3.06. The summed E-state index contributed by atoms with van der Waals surface area (Å²) < 4.78 is 11.1. The minimum atomic E-state index is -0.298. The van der Waals surface area contributed by atoms with E-state index in [0.29, 0.717) is 6.54 Å². The zero-order valence-electron chi connectivity index (χ0n) is 14.9. The van der Waals surface area contributed by atoms with Gasteiger partial charge in [-0.3, -0.25) is 4.90 Å². The third-order valence-corrected chi connectivity index (χ3v) is 4.28. The Hall–Kier alpha value is -2.37. The van der Waals surface area contributed by atoms with Crippen LogP contribution in [0.25, 0.3) is 22.0 Å². The maximum atomic E-state index is 9.40. The summed E-state index contributed by atoms with van der Waals surface area (Å²) in [5, 5.41) is 15.9. The lowest BCUT2D eigenvalue weighted by molar-refractivity contribution is 0.159. The van der Waals surface area contributed by atoms with E-state index < -0.39 is 0 Å². The zero-order valence-corrected chi connectivity index (χ0v) is 14.9. The first-order valence-corrected chi connectivity index (χ1v) is 8.47. The van der Waals surface area contributed by atoms with Crippen LogP contribution in [0.1, 0.15) is 19.1 Å². The van der Waals surface area contributed by atoms with Gasteiger partial charge in [-0.05, 0) is 37.2 Å². The van der Waals surface area contributed by atoms with E-state index in [1.54, 1.807) is 14.0 Å². The Kier molecular flexibility index (Phi) is 5.36. The second kappa shape index (κ2) is 7.68. The van der Waals surface area contributed by atoms with Gasteiger partial charge in [-0.15, -0.1) is 0 Å². The van der Waals surface area contributed by atoms with Crippen molar-refractivity contribution in [2.75, 3.05) is 20.7 Å². The van der Waals surface area contributed by atoms with Crippen molar-refractivity contribution in [3.63, 3.8) is 0 Å². The maximum absolute atomic E-state index is 9.40. The van der Waals surface area contributed by atoms with Crippen molar-refractivity contribution in [3.05, 3.63) is 48.2 Å². The van der Waals surface area contributed by atoms with Crippen LogP contribution in [-0.2, 0) is 6.54 Å². The topological polar surface area (TPSA) is 58.7 Å². The molecule has 1 unspecified atom stereocenters. The van der Waals surface area contributed by atoms with E-state index in [4.69, 9.17) is 9.26 Å². The molecule has 0 saturated carbocycles. The van der Waals surface area contributed by atoms with Crippen molar-refractivity contribution < 1.29 is 14.4 Å². The van der Waals surface area contributed by atoms with Gasteiger partial charge in [0.2, 0.25) is 0 Å². The van der Waals surface area contributed by atoms with Crippen LogP contribution in [0.3, 0.4) is 0 Å². The fourth-order valence-corrected chi connectivity index (χ4v) is 2.94. The largest absolute Gasteiger partial charge is 0.496 e. The normalized spacial score (nSPS) is 12.7. The standard InChI is InChI=1S/C20H24N2O3/c1-14(23)10-11-22(2)13-16-12-18(21-25-16)20-17-7-5-4-6-15(17)8-9-19(20)24-3/h4-9,12,14,23H,10-11,13H2,1-3H3. The highest BCUT2D eigenvalue weighted by molar-refractivity contribution is 5.98. The Morgan fingerprint density at radius 1 is 1.24 bits per heavy atom. The highest BCUT2D eigenvalue weighted by Gasteiger charge is 2.16. The molecule has 3 aromatic rings. The molecule has 132 valence electrons. The number of rotatable bonds is 7. The van der Waals surface area contributed by atoms with Gasteiger partial charge in [0.15, 0.2) is 5.76 Å². The summed E-state index contributed by atoms with van der Waals surface area (Å²) in [4.78, 5) is 2.11. The molecule has 1 N–H and O–H groups in total. The first-order chi connectivity index (χ1) is 12.1. The lowest BCUT2D eigenvalue weighted by Crippen LogP contribution is -2.21. The SMILES string of the molecule is COc1ccc2ccccc2c1-c1cc(CN(C)CCC(C)O)on1. The number of aromatic nitrogens is 1. The molecule has 0 radical (unpaired) electrons. The predicted molar refractivity (Wildman–Crippen MR) is 98.6 cm³/mol. The molecule has 3 rings (SSSR count). The number of ether oxygens (including phenoxy) is 1. The summed E-state index contributed by atoms with van der Waals surface area (Å²) in [6, 6.07) is 14.1. The van der Waals surface area contributed by atoms with Crippen LogP contribution in [0, 0.1) is 0 Å². The van der Waals surface area contributed by atoms with Crippen molar-refractivity contribution in [2.24, 2.45) is 0 Å². The van der Waals surface area contributed by atoms with Crippen molar-refractivity contribution in [1.29, 1.82) is 0 Å². The van der Waals surface area contributed by atoms with Crippen molar-refractivity contribution >= 4 is 10.8 Å². The molecule has 0 aliphatic carbocycles. The number of methoxy groups -OCH3 is 1. The van der Waals surface area contributed by atoms with Crippen molar-refractivity contribution in [2.45, 2.75) is 26.0 Å². The summed E-state index contributed by atoms with van der Waals surface area (Å²) in [5.41, 5.74) is 1.72. The number of hydrogen-bond donors (Lipinski definition) is 1. The van der Waals surface area contributed by atoms with Gasteiger partial charge < -0.3 is 14.4 Å². The third-order valence-electron chi connectivity index (χ3n) is 4.28. The molecule has 1 heterocycles. The van der Waals surface area contributed by atoms with Crippen molar-refractivity contribution in [3.8, 4) is 17.0 Å². The fraction of sp³-hybridized carbons (Fsp3) is 0.350. The number of aliphatic hydroxyl groups excluding tert-OH is 1. The van der Waals surface area contributed by atoms with E-state index in [1.165, 1.54) is 0 Å². The van der Waals surface area contributed by atoms with Gasteiger partial charge >= 0.3 is 0 Å². The Labute approximate surface area is 147 Å². The number of nitrogens with zero attached hydrogens (tertiary/aromatic N) is 2. The lowest BCUT2D eigenvalue weighted by atomic mass is 10.0. The highest BCUT2D eigenvalue weighted by Crippen LogP contribution is 2.36. The summed E-state index contributed by atoms with van der Waals surface area (Å²) in [5.74, 6) is 1.57. The Balaban J connectivity index is 1.88. The summed E-state index contributed by atoms with van der Waals surface area (Å²) in [7, 11) is 3.67. The Bertz CT molecular complexity index is 842. The number of aliphatic hydroxyl groups is 1. The predicted octanol–water partition coefficient (Wildman–Crippen LogP) is 3.71. The Morgan fingerprint density at radius 2 is 2.04 bits per heavy atom. The van der Waals surface area contributed by atoms with E-state index in [1.807, 2.05) is 37.4 Å². The molecule has 0 aliphatic heterocycles. The summed E-state index contributed by atoms with van der Waals surface area (Å²) in [6.07, 6.45) is 0.432. The first-order valence-electron chi connectivity index (χ1n) is 8.47. The molecule has 5 heteroatoms. The molecule has 0 saturated heterocycles. The molecule has 0 amide bonds. The van der Waals surface area contributed by atoms with Gasteiger partial charge in [-0.25, -0.2) is 0 Å². The quantitative estimate of drug-likeness (QED) is 0.710. The van der Waals surface area contributed by atoms with Gasteiger partial charge in [0.1, 0.15) is 11.4 Å². The molecule has 2 aromatic carbocycles. The monoisotopic (exact) mass is 340 g/mol. The van der Waals surface area contributed by atoms with Crippen LogP contribution in [0.2, 0.25) is 0 Å². The van der Waals surface area contributed by atoms with Crippen LogP contribution in [-0.4, -0.2) is 42.0 Å². The molecule has 1 aromatic heterocycles. The second-order valence-electron chi connectivity index (χ2n) is 6.42. The van der Waals surface area contributed by atoms with Crippen LogP contribution >= 0.6 is 0 Å². The van der Waals surface area contributed by atoms with E-state index in [9.17, 15) is 5.11 Å². The smallest absolute Gasteiger partial charge is 0.151 e. The van der Waals surface area contributed by atoms with Crippen molar-refractivity contribution in [1.82, 2.24) is 10.1 Å². The highest BCUT2D eigenvalue weighted by atomic mass is 16.5. The van der Waals surface area contributed by atoms with E-state index in [0.717, 1.165) is 46.5 Å². The Morgan fingerprint density at radius 3 is 2.80 bits per heavy atom. The van der Waals surface area contributed by atoms with Gasteiger partial charge in [-0.1, -0.05) is 35.5 Å². The number of fused-ring (bicyclic) bond motifs is 1. The molecular weight excluding hydrogens is 316 g/mol. The second-order valence-corrected chi connectivity index (χ2v) is 6.42. The first kappa shape index (κ1) is 17.5. The minimum Gasteiger partial charge on any atom is -0.496 e. The zero-order chi connectivity index (χ0) is 17.8. The maximum Gasteiger partial charge on any atom is 0.151 e. The van der Waals surface area contributed by atoms with E-state index in [2.05, 4.69) is 22.2 Å². The van der Waals surface area contributed by atoms with E-state index >= 15 is 0 Å². The van der Waals surface area contributed by atoms with Crippen LogP contribution in [0.15, 0.2) is 47.0 Å². The molecule has 0 fully saturated rings. The fourth-order valence-electron chi connectivity index (χ4n) is 2.94. The third kappa shape index (κ3) is 4.00. The van der Waals surface area contributed by atoms with E-state index in [-0.39, 0.29) is 6.10 Å². The average molecular weight is 340 g/mol. The van der Waals surface area contributed by atoms with Gasteiger partial charge in [0, 0.05) is 12.6 Å².